The molecule has 0 saturated carbocycles. The topological polar surface area (TPSA) is 119 Å². The number of nitrogens with zero attached hydrogens (tertiary/aromatic N) is 4. The van der Waals surface area contributed by atoms with E-state index >= 15 is 0 Å². The molecule has 1 aromatic heterocycles. The highest BCUT2D eigenvalue weighted by Gasteiger charge is 2.36. The zero-order chi connectivity index (χ0) is 24.3. The number of aliphatic hydroxyl groups excluding tert-OH is 1. The summed E-state index contributed by atoms with van der Waals surface area (Å²) in [5.41, 5.74) is 3.53. The molecule has 9 nitrogen and oxygen atoms in total. The summed E-state index contributed by atoms with van der Waals surface area (Å²) in [4.78, 5) is 26.9. The number of hydrogen-bond donors (Lipinski definition) is 3. The minimum Gasteiger partial charge on any atom is -0.483 e. The number of anilines is 1. The fourth-order valence-electron chi connectivity index (χ4n) is 5.00. The number of para-hydroxylation sites is 2. The van der Waals surface area contributed by atoms with Crippen molar-refractivity contribution in [1.29, 1.82) is 0 Å². The normalized spacial score (nSPS) is 19.4. The van der Waals surface area contributed by atoms with Crippen LogP contribution in [0.5, 0.6) is 0 Å². The van der Waals surface area contributed by atoms with Gasteiger partial charge in [-0.15, -0.1) is 0 Å². The van der Waals surface area contributed by atoms with Crippen molar-refractivity contribution in [2.45, 2.75) is 32.0 Å². The lowest BCUT2D eigenvalue weighted by molar-refractivity contribution is -0.123. The Balaban J connectivity index is 0.000000492. The molecule has 0 amide bonds. The number of carboxylic acid groups (broad SMARTS) is 2. The second kappa shape index (κ2) is 12.7. The monoisotopic (exact) mass is 468 g/mol. The van der Waals surface area contributed by atoms with Crippen LogP contribution in [0.1, 0.15) is 18.4 Å². The summed E-state index contributed by atoms with van der Waals surface area (Å²) in [6, 6.07) is 19.6. The number of rotatable bonds is 5. The SMILES string of the molecule is O=CO.O=CO.OCCn1c(N2C[C@@H]3CC[C@H]2CN(Cc2ccccc2)C3)nc2ccccc21. The second-order valence-electron chi connectivity index (χ2n) is 8.42. The van der Waals surface area contributed by atoms with Gasteiger partial charge in [0.05, 0.1) is 17.6 Å². The van der Waals surface area contributed by atoms with Crippen molar-refractivity contribution in [2.24, 2.45) is 5.92 Å². The molecule has 9 heteroatoms. The van der Waals surface area contributed by atoms with Gasteiger partial charge in [0.15, 0.2) is 0 Å². The molecule has 3 aliphatic rings. The molecule has 0 spiro atoms. The Hall–Kier alpha value is -3.43. The Kier molecular flexibility index (Phi) is 9.42. The smallest absolute Gasteiger partial charge is 0.290 e. The van der Waals surface area contributed by atoms with E-state index in [-0.39, 0.29) is 19.6 Å². The van der Waals surface area contributed by atoms with Crippen molar-refractivity contribution in [3.8, 4) is 0 Å². The van der Waals surface area contributed by atoms with Gasteiger partial charge in [-0.05, 0) is 36.5 Å². The van der Waals surface area contributed by atoms with E-state index in [0.717, 1.165) is 43.2 Å². The molecule has 3 N–H and O–H groups in total. The van der Waals surface area contributed by atoms with E-state index in [1.165, 1.54) is 18.4 Å². The maximum atomic E-state index is 9.64. The summed E-state index contributed by atoms with van der Waals surface area (Å²) < 4.78 is 2.21. The quantitative estimate of drug-likeness (QED) is 0.489. The van der Waals surface area contributed by atoms with Gasteiger partial charge in [0.25, 0.3) is 12.9 Å². The van der Waals surface area contributed by atoms with Crippen LogP contribution in [0.4, 0.5) is 5.95 Å². The van der Waals surface area contributed by atoms with Gasteiger partial charge in [0, 0.05) is 38.8 Å². The number of aliphatic hydroxyl groups is 1. The van der Waals surface area contributed by atoms with Crippen molar-refractivity contribution in [3.63, 3.8) is 0 Å². The zero-order valence-corrected chi connectivity index (χ0v) is 19.1. The van der Waals surface area contributed by atoms with E-state index < -0.39 is 0 Å². The van der Waals surface area contributed by atoms with Crippen molar-refractivity contribution in [3.05, 3.63) is 60.2 Å². The fourth-order valence-corrected chi connectivity index (χ4v) is 5.00. The highest BCUT2D eigenvalue weighted by molar-refractivity contribution is 5.79. The van der Waals surface area contributed by atoms with Gasteiger partial charge in [-0.3, -0.25) is 14.5 Å². The van der Waals surface area contributed by atoms with Crippen LogP contribution in [0.3, 0.4) is 0 Å². The first-order chi connectivity index (χ1) is 16.6. The van der Waals surface area contributed by atoms with Crippen LogP contribution < -0.4 is 4.90 Å². The molecule has 3 aromatic rings. The Bertz CT molecular complexity index is 1040. The summed E-state index contributed by atoms with van der Waals surface area (Å²) in [7, 11) is 0. The number of aromatic nitrogens is 2. The number of benzene rings is 2. The summed E-state index contributed by atoms with van der Waals surface area (Å²) in [5, 5.41) is 23.4. The van der Waals surface area contributed by atoms with Crippen LogP contribution in [0, 0.1) is 5.92 Å². The second-order valence-corrected chi connectivity index (χ2v) is 8.42. The van der Waals surface area contributed by atoms with E-state index in [1.54, 1.807) is 0 Å². The molecule has 182 valence electrons. The molecule has 6 rings (SSSR count). The zero-order valence-electron chi connectivity index (χ0n) is 19.1. The standard InChI is InChI=1S/C23H28N4O.2CH2O2/c28-13-12-26-22-9-5-4-8-21(22)24-23(26)27-16-19-10-11-20(27)17-25(15-19)14-18-6-2-1-3-7-18;2*2-1-3/h1-9,19-20,28H,10-17H2;2*1H,(H,2,3)/t19-,20+;;/m1../s1. The van der Waals surface area contributed by atoms with E-state index in [1.807, 2.05) is 6.07 Å². The van der Waals surface area contributed by atoms with Crippen LogP contribution in [-0.4, -0.2) is 75.0 Å². The Morgan fingerprint density at radius 3 is 2.29 bits per heavy atom. The van der Waals surface area contributed by atoms with E-state index in [9.17, 15) is 5.11 Å². The molecule has 3 aliphatic heterocycles. The van der Waals surface area contributed by atoms with Gasteiger partial charge in [-0.1, -0.05) is 42.5 Å². The van der Waals surface area contributed by atoms with Gasteiger partial charge < -0.3 is 24.8 Å². The van der Waals surface area contributed by atoms with Gasteiger partial charge in [-0.2, -0.15) is 0 Å². The summed E-state index contributed by atoms with van der Waals surface area (Å²) in [6.07, 6.45) is 2.52. The van der Waals surface area contributed by atoms with Crippen LogP contribution >= 0.6 is 0 Å². The Morgan fingerprint density at radius 2 is 1.59 bits per heavy atom. The van der Waals surface area contributed by atoms with Crippen LogP contribution in [0.25, 0.3) is 11.0 Å². The lowest BCUT2D eigenvalue weighted by Crippen LogP contribution is -2.45. The van der Waals surface area contributed by atoms with Crippen molar-refractivity contribution in [1.82, 2.24) is 14.5 Å². The Morgan fingerprint density at radius 1 is 0.912 bits per heavy atom. The third kappa shape index (κ3) is 6.12. The van der Waals surface area contributed by atoms with Gasteiger partial charge in [0.2, 0.25) is 5.95 Å². The number of hydrogen-bond acceptors (Lipinski definition) is 6. The molecule has 0 unspecified atom stereocenters. The van der Waals surface area contributed by atoms with E-state index in [4.69, 9.17) is 24.8 Å². The highest BCUT2D eigenvalue weighted by atomic mass is 16.3. The molecule has 34 heavy (non-hydrogen) atoms. The van der Waals surface area contributed by atoms with Gasteiger partial charge in [-0.25, -0.2) is 4.98 Å². The predicted octanol–water partition coefficient (Wildman–Crippen LogP) is 2.53. The molecule has 3 fully saturated rings. The van der Waals surface area contributed by atoms with Crippen LogP contribution in [0.2, 0.25) is 0 Å². The van der Waals surface area contributed by atoms with Crippen molar-refractivity contribution < 1.29 is 24.9 Å². The number of fused-ring (bicyclic) bond motifs is 5. The molecule has 2 aromatic carbocycles. The van der Waals surface area contributed by atoms with E-state index in [2.05, 4.69) is 62.9 Å². The molecule has 0 radical (unpaired) electrons. The molecular formula is C25H32N4O5. The molecule has 0 aliphatic carbocycles. The number of carbonyl (C=O) groups is 2. The maximum absolute atomic E-state index is 9.64. The minimum atomic E-state index is -0.250. The Labute approximate surface area is 198 Å². The number of imidazole rings is 1. The molecule has 3 saturated heterocycles. The lowest BCUT2D eigenvalue weighted by atomic mass is 9.95. The first-order valence-corrected chi connectivity index (χ1v) is 11.4. The lowest BCUT2D eigenvalue weighted by Gasteiger charge is -2.37. The molecule has 2 atom stereocenters. The highest BCUT2D eigenvalue weighted by Crippen LogP contribution is 2.33. The maximum Gasteiger partial charge on any atom is 0.290 e. The van der Waals surface area contributed by atoms with Crippen molar-refractivity contribution in [2.75, 3.05) is 31.1 Å². The average molecular weight is 469 g/mol. The average Bonchev–Trinajstić information content (AvgIpc) is 2.97. The number of piperidine rings is 1. The van der Waals surface area contributed by atoms with Crippen LogP contribution in [-0.2, 0) is 22.7 Å². The molecular weight excluding hydrogens is 436 g/mol. The van der Waals surface area contributed by atoms with Crippen molar-refractivity contribution >= 4 is 29.9 Å². The molecule has 2 bridgehead atoms. The third-order valence-electron chi connectivity index (χ3n) is 6.25. The largest absolute Gasteiger partial charge is 0.483 e. The van der Waals surface area contributed by atoms with Gasteiger partial charge in [0.1, 0.15) is 0 Å². The molecule has 4 heterocycles. The fraction of sp³-hybridized carbons (Fsp3) is 0.400. The van der Waals surface area contributed by atoms with Gasteiger partial charge >= 0.3 is 0 Å². The summed E-state index contributed by atoms with van der Waals surface area (Å²) in [6.45, 7) is 4.54. The van der Waals surface area contributed by atoms with E-state index in [0.29, 0.717) is 18.5 Å². The third-order valence-corrected chi connectivity index (χ3v) is 6.25. The summed E-state index contributed by atoms with van der Waals surface area (Å²) >= 11 is 0. The predicted molar refractivity (Wildman–Crippen MR) is 130 cm³/mol. The minimum absolute atomic E-state index is 0.134. The van der Waals surface area contributed by atoms with Crippen LogP contribution in [0.15, 0.2) is 54.6 Å². The first kappa shape index (κ1) is 25.2. The summed E-state index contributed by atoms with van der Waals surface area (Å²) in [5.74, 6) is 1.70. The first-order valence-electron chi connectivity index (χ1n) is 11.4.